The molecule has 1 heterocycles. The molecule has 0 amide bonds. The van der Waals surface area contributed by atoms with E-state index in [-0.39, 0.29) is 6.04 Å². The molecule has 0 aromatic carbocycles. The Balaban J connectivity index is 1.62. The SMILES string of the molecule is NC1CCCc2onc(C34CC5CC(CC(C5)C3)C4)c21. The van der Waals surface area contributed by atoms with Crippen molar-refractivity contribution in [1.29, 1.82) is 0 Å². The predicted octanol–water partition coefficient (Wildman–Crippen LogP) is 3.48. The van der Waals surface area contributed by atoms with Gasteiger partial charge in [0.05, 0.1) is 5.69 Å². The van der Waals surface area contributed by atoms with E-state index < -0.39 is 0 Å². The highest BCUT2D eigenvalue weighted by molar-refractivity contribution is 5.36. The fourth-order valence-corrected chi connectivity index (χ4v) is 6.30. The molecule has 6 rings (SSSR count). The van der Waals surface area contributed by atoms with E-state index in [4.69, 9.17) is 10.3 Å². The zero-order valence-electron chi connectivity index (χ0n) is 12.1. The van der Waals surface area contributed by atoms with E-state index in [1.165, 1.54) is 49.8 Å². The molecule has 4 fully saturated rings. The van der Waals surface area contributed by atoms with E-state index in [9.17, 15) is 0 Å². The van der Waals surface area contributed by atoms with Crippen LogP contribution in [0, 0.1) is 17.8 Å². The monoisotopic (exact) mass is 272 g/mol. The Morgan fingerprint density at radius 1 is 1.05 bits per heavy atom. The van der Waals surface area contributed by atoms with E-state index >= 15 is 0 Å². The number of nitrogens with two attached hydrogens (primary N) is 1. The summed E-state index contributed by atoms with van der Waals surface area (Å²) in [7, 11) is 0. The first kappa shape index (κ1) is 11.8. The topological polar surface area (TPSA) is 52.0 Å². The molecule has 3 nitrogen and oxygen atoms in total. The molecule has 108 valence electrons. The number of fused-ring (bicyclic) bond motifs is 1. The first-order chi connectivity index (χ1) is 9.73. The van der Waals surface area contributed by atoms with Gasteiger partial charge in [0.25, 0.3) is 0 Å². The number of aryl methyl sites for hydroxylation is 1. The van der Waals surface area contributed by atoms with Gasteiger partial charge in [0.2, 0.25) is 0 Å². The lowest BCUT2D eigenvalue weighted by atomic mass is 9.48. The van der Waals surface area contributed by atoms with Gasteiger partial charge in [0.1, 0.15) is 5.76 Å². The Morgan fingerprint density at radius 3 is 2.35 bits per heavy atom. The maximum atomic E-state index is 6.41. The minimum absolute atomic E-state index is 0.174. The summed E-state index contributed by atoms with van der Waals surface area (Å²) >= 11 is 0. The molecule has 0 aliphatic heterocycles. The van der Waals surface area contributed by atoms with Crippen molar-refractivity contribution in [3.8, 4) is 0 Å². The number of hydrogen-bond acceptors (Lipinski definition) is 3. The highest BCUT2D eigenvalue weighted by Gasteiger charge is 2.54. The van der Waals surface area contributed by atoms with Gasteiger partial charge in [-0.1, -0.05) is 5.16 Å². The number of nitrogens with zero attached hydrogens (tertiary/aromatic N) is 1. The Labute approximate surface area is 120 Å². The highest BCUT2D eigenvalue weighted by atomic mass is 16.5. The normalized spacial score (nSPS) is 45.6. The fraction of sp³-hybridized carbons (Fsp3) is 0.824. The molecular weight excluding hydrogens is 248 g/mol. The third kappa shape index (κ3) is 1.47. The van der Waals surface area contributed by atoms with Crippen LogP contribution in [0.1, 0.15) is 74.4 Å². The summed E-state index contributed by atoms with van der Waals surface area (Å²) in [6.07, 6.45) is 11.8. The Kier molecular flexibility index (Phi) is 2.29. The minimum Gasteiger partial charge on any atom is -0.361 e. The van der Waals surface area contributed by atoms with Crippen LogP contribution >= 0.6 is 0 Å². The van der Waals surface area contributed by atoms with Gasteiger partial charge in [0, 0.05) is 23.4 Å². The van der Waals surface area contributed by atoms with E-state index in [0.29, 0.717) is 5.41 Å². The van der Waals surface area contributed by atoms with Crippen LogP contribution in [0.3, 0.4) is 0 Å². The van der Waals surface area contributed by atoms with E-state index in [1.54, 1.807) is 0 Å². The molecule has 4 bridgehead atoms. The molecule has 3 heteroatoms. The Hall–Kier alpha value is -0.830. The number of rotatable bonds is 1. The maximum absolute atomic E-state index is 6.41. The molecule has 1 aromatic heterocycles. The number of hydrogen-bond donors (Lipinski definition) is 1. The summed E-state index contributed by atoms with van der Waals surface area (Å²) in [6, 6.07) is 0.174. The summed E-state index contributed by atoms with van der Waals surface area (Å²) in [4.78, 5) is 0. The van der Waals surface area contributed by atoms with Gasteiger partial charge in [-0.25, -0.2) is 0 Å². The molecule has 20 heavy (non-hydrogen) atoms. The van der Waals surface area contributed by atoms with Crippen molar-refractivity contribution in [1.82, 2.24) is 5.16 Å². The van der Waals surface area contributed by atoms with Gasteiger partial charge in [-0.15, -0.1) is 0 Å². The summed E-state index contributed by atoms with van der Waals surface area (Å²) in [6.45, 7) is 0. The molecule has 0 spiro atoms. The summed E-state index contributed by atoms with van der Waals surface area (Å²) in [5, 5.41) is 4.58. The second-order valence-electron chi connectivity index (χ2n) is 8.06. The zero-order valence-corrected chi connectivity index (χ0v) is 12.1. The van der Waals surface area contributed by atoms with Crippen molar-refractivity contribution in [2.75, 3.05) is 0 Å². The third-order valence-electron chi connectivity index (χ3n) is 6.63. The van der Waals surface area contributed by atoms with Crippen LogP contribution in [0.2, 0.25) is 0 Å². The van der Waals surface area contributed by atoms with E-state index in [0.717, 1.165) is 42.8 Å². The first-order valence-electron chi connectivity index (χ1n) is 8.48. The van der Waals surface area contributed by atoms with Crippen LogP contribution in [-0.4, -0.2) is 5.16 Å². The lowest BCUT2D eigenvalue weighted by Gasteiger charge is -2.56. The molecule has 0 radical (unpaired) electrons. The quantitative estimate of drug-likeness (QED) is 0.851. The molecule has 5 aliphatic carbocycles. The second-order valence-corrected chi connectivity index (χ2v) is 8.06. The summed E-state index contributed by atoms with van der Waals surface area (Å²) in [5.41, 5.74) is 9.35. The van der Waals surface area contributed by atoms with Crippen molar-refractivity contribution in [2.24, 2.45) is 23.5 Å². The second kappa shape index (κ2) is 3.88. The van der Waals surface area contributed by atoms with E-state index in [1.807, 2.05) is 0 Å². The minimum atomic E-state index is 0.174. The molecule has 4 saturated carbocycles. The van der Waals surface area contributed by atoms with Crippen molar-refractivity contribution in [3.63, 3.8) is 0 Å². The lowest BCUT2D eigenvalue weighted by molar-refractivity contribution is -0.00894. The number of aromatic nitrogens is 1. The molecule has 5 aliphatic rings. The summed E-state index contributed by atoms with van der Waals surface area (Å²) < 4.78 is 5.72. The van der Waals surface area contributed by atoms with Crippen molar-refractivity contribution < 1.29 is 4.52 Å². The van der Waals surface area contributed by atoms with Crippen molar-refractivity contribution in [3.05, 3.63) is 17.0 Å². The van der Waals surface area contributed by atoms with Gasteiger partial charge in [-0.3, -0.25) is 0 Å². The standard InChI is InChI=1S/C17H24N2O/c18-13-2-1-3-14-15(13)16(19-20-14)17-7-10-4-11(8-17)6-12(5-10)9-17/h10-13H,1-9,18H2. The van der Waals surface area contributed by atoms with Crippen LogP contribution in [0.5, 0.6) is 0 Å². The highest BCUT2D eigenvalue weighted by Crippen LogP contribution is 2.61. The first-order valence-corrected chi connectivity index (χ1v) is 8.48. The average Bonchev–Trinajstić information content (AvgIpc) is 2.83. The van der Waals surface area contributed by atoms with Gasteiger partial charge in [-0.2, -0.15) is 0 Å². The fourth-order valence-electron chi connectivity index (χ4n) is 6.30. The van der Waals surface area contributed by atoms with Crippen LogP contribution < -0.4 is 5.73 Å². The van der Waals surface area contributed by atoms with Crippen molar-refractivity contribution in [2.45, 2.75) is 69.2 Å². The Bertz CT molecular complexity index is 512. The van der Waals surface area contributed by atoms with Gasteiger partial charge in [0.15, 0.2) is 0 Å². The molecule has 2 N–H and O–H groups in total. The van der Waals surface area contributed by atoms with Gasteiger partial charge < -0.3 is 10.3 Å². The smallest absolute Gasteiger partial charge is 0.141 e. The van der Waals surface area contributed by atoms with Crippen LogP contribution in [0.4, 0.5) is 0 Å². The largest absolute Gasteiger partial charge is 0.361 e. The molecule has 0 saturated heterocycles. The van der Waals surface area contributed by atoms with Gasteiger partial charge in [-0.05, 0) is 69.1 Å². The lowest BCUT2D eigenvalue weighted by Crippen LogP contribution is -2.49. The van der Waals surface area contributed by atoms with Gasteiger partial charge >= 0.3 is 0 Å². The molecule has 1 aromatic rings. The van der Waals surface area contributed by atoms with Crippen molar-refractivity contribution >= 4 is 0 Å². The predicted molar refractivity (Wildman–Crippen MR) is 76.2 cm³/mol. The Morgan fingerprint density at radius 2 is 1.70 bits per heavy atom. The van der Waals surface area contributed by atoms with Crippen LogP contribution in [-0.2, 0) is 11.8 Å². The van der Waals surface area contributed by atoms with E-state index in [2.05, 4.69) is 5.16 Å². The average molecular weight is 272 g/mol. The molecule has 1 atom stereocenters. The summed E-state index contributed by atoms with van der Waals surface area (Å²) in [5.74, 6) is 3.96. The molecular formula is C17H24N2O. The van der Waals surface area contributed by atoms with Crippen LogP contribution in [0.25, 0.3) is 0 Å². The maximum Gasteiger partial charge on any atom is 0.141 e. The zero-order chi connectivity index (χ0) is 13.3. The third-order valence-corrected chi connectivity index (χ3v) is 6.63. The van der Waals surface area contributed by atoms with Crippen LogP contribution in [0.15, 0.2) is 4.52 Å². The molecule has 1 unspecified atom stereocenters.